The van der Waals surface area contributed by atoms with Gasteiger partial charge in [0.25, 0.3) is 5.91 Å². The van der Waals surface area contributed by atoms with E-state index in [2.05, 4.69) is 10.3 Å². The lowest BCUT2D eigenvalue weighted by Gasteiger charge is -2.14. The summed E-state index contributed by atoms with van der Waals surface area (Å²) in [6.07, 6.45) is 1.19. The summed E-state index contributed by atoms with van der Waals surface area (Å²) in [6, 6.07) is 2.03. The van der Waals surface area contributed by atoms with Crippen LogP contribution >= 0.6 is 0 Å². The van der Waals surface area contributed by atoms with Crippen molar-refractivity contribution < 1.29 is 19.5 Å². The van der Waals surface area contributed by atoms with Crippen molar-refractivity contribution in [1.82, 2.24) is 10.3 Å². The average molecular weight is 294 g/mol. The number of carboxylic acid groups (broad SMARTS) is 1. The zero-order chi connectivity index (χ0) is 16.0. The van der Waals surface area contributed by atoms with Gasteiger partial charge in [0.15, 0.2) is 0 Å². The lowest BCUT2D eigenvalue weighted by Crippen LogP contribution is -2.41. The minimum absolute atomic E-state index is 0.0559. The van der Waals surface area contributed by atoms with Gasteiger partial charge in [0.1, 0.15) is 11.9 Å². The summed E-state index contributed by atoms with van der Waals surface area (Å²) >= 11 is 0. The first-order valence-electron chi connectivity index (χ1n) is 6.26. The zero-order valence-electron chi connectivity index (χ0n) is 11.9. The number of amides is 2. The highest BCUT2D eigenvalue weighted by molar-refractivity contribution is 5.96. The summed E-state index contributed by atoms with van der Waals surface area (Å²) < 4.78 is 0. The number of pyridine rings is 1. The second kappa shape index (κ2) is 7.22. The summed E-state index contributed by atoms with van der Waals surface area (Å²) in [4.78, 5) is 39.5. The van der Waals surface area contributed by atoms with E-state index in [1.54, 1.807) is 17.0 Å². The summed E-state index contributed by atoms with van der Waals surface area (Å²) in [5.74, 6) is -1.73. The maximum atomic E-state index is 11.9. The molecule has 1 heterocycles. The summed E-state index contributed by atoms with van der Waals surface area (Å²) in [7, 11) is 3.62. The number of nitrogens with one attached hydrogen (secondary N) is 1. The SMILES string of the molecule is CN(C)c1ccc(C(=O)N[C@@H](CCC(N)=O)C(=O)O)cn1. The van der Waals surface area contributed by atoms with Crippen LogP contribution in [0, 0.1) is 0 Å². The van der Waals surface area contributed by atoms with Gasteiger partial charge in [-0.2, -0.15) is 0 Å². The van der Waals surface area contributed by atoms with Crippen LogP contribution in [0.5, 0.6) is 0 Å². The maximum Gasteiger partial charge on any atom is 0.326 e. The second-order valence-corrected chi connectivity index (χ2v) is 4.67. The fourth-order valence-electron chi connectivity index (χ4n) is 1.57. The Morgan fingerprint density at radius 2 is 2.05 bits per heavy atom. The van der Waals surface area contributed by atoms with Gasteiger partial charge in [0.05, 0.1) is 5.56 Å². The lowest BCUT2D eigenvalue weighted by atomic mass is 10.1. The zero-order valence-corrected chi connectivity index (χ0v) is 11.9. The Bertz CT molecular complexity index is 527. The number of anilines is 1. The quantitative estimate of drug-likeness (QED) is 0.628. The smallest absolute Gasteiger partial charge is 0.326 e. The highest BCUT2D eigenvalue weighted by Crippen LogP contribution is 2.08. The molecule has 1 atom stereocenters. The Hall–Kier alpha value is -2.64. The van der Waals surface area contributed by atoms with E-state index < -0.39 is 23.8 Å². The molecule has 1 rings (SSSR count). The Morgan fingerprint density at radius 1 is 1.38 bits per heavy atom. The van der Waals surface area contributed by atoms with E-state index in [0.717, 1.165) is 0 Å². The molecule has 0 unspecified atom stereocenters. The number of nitrogens with zero attached hydrogens (tertiary/aromatic N) is 2. The topological polar surface area (TPSA) is 126 Å². The Labute approximate surface area is 121 Å². The van der Waals surface area contributed by atoms with E-state index >= 15 is 0 Å². The fraction of sp³-hybridized carbons (Fsp3) is 0.385. The number of hydrogen-bond acceptors (Lipinski definition) is 5. The first kappa shape index (κ1) is 16.4. The summed E-state index contributed by atoms with van der Waals surface area (Å²) in [5.41, 5.74) is 5.21. The molecule has 0 radical (unpaired) electrons. The number of nitrogens with two attached hydrogens (primary N) is 1. The van der Waals surface area contributed by atoms with Crippen molar-refractivity contribution in [3.05, 3.63) is 23.9 Å². The third-order valence-electron chi connectivity index (χ3n) is 2.75. The van der Waals surface area contributed by atoms with Crippen molar-refractivity contribution in [1.29, 1.82) is 0 Å². The van der Waals surface area contributed by atoms with Crippen LogP contribution in [0.2, 0.25) is 0 Å². The molecule has 0 aliphatic carbocycles. The molecule has 0 aromatic carbocycles. The molecule has 8 heteroatoms. The molecular formula is C13H18N4O4. The van der Waals surface area contributed by atoms with Crippen molar-refractivity contribution in [2.75, 3.05) is 19.0 Å². The van der Waals surface area contributed by atoms with Gasteiger partial charge in [0.2, 0.25) is 5.91 Å². The molecular weight excluding hydrogens is 276 g/mol. The van der Waals surface area contributed by atoms with E-state index in [9.17, 15) is 14.4 Å². The van der Waals surface area contributed by atoms with Crippen molar-refractivity contribution >= 4 is 23.6 Å². The van der Waals surface area contributed by atoms with Crippen molar-refractivity contribution in [2.24, 2.45) is 5.73 Å². The van der Waals surface area contributed by atoms with E-state index in [1.807, 2.05) is 14.1 Å². The van der Waals surface area contributed by atoms with Crippen molar-refractivity contribution in [3.63, 3.8) is 0 Å². The molecule has 21 heavy (non-hydrogen) atoms. The molecule has 1 aromatic rings. The monoisotopic (exact) mass is 294 g/mol. The minimum atomic E-state index is -1.22. The van der Waals surface area contributed by atoms with Gasteiger partial charge in [-0.15, -0.1) is 0 Å². The van der Waals surface area contributed by atoms with E-state index in [-0.39, 0.29) is 18.4 Å². The predicted octanol–water partition coefficient (Wildman–Crippen LogP) is -0.404. The maximum absolute atomic E-state index is 11.9. The number of aliphatic carboxylic acids is 1. The van der Waals surface area contributed by atoms with Gasteiger partial charge in [-0.05, 0) is 18.6 Å². The van der Waals surface area contributed by atoms with Crippen LogP contribution in [0.1, 0.15) is 23.2 Å². The number of carbonyl (C=O) groups is 3. The van der Waals surface area contributed by atoms with Crippen LogP contribution in [0.3, 0.4) is 0 Å². The summed E-state index contributed by atoms with van der Waals surface area (Å²) in [5, 5.41) is 11.3. The Kier molecular flexibility index (Phi) is 5.65. The van der Waals surface area contributed by atoms with Gasteiger partial charge < -0.3 is 21.1 Å². The summed E-state index contributed by atoms with van der Waals surface area (Å²) in [6.45, 7) is 0. The van der Waals surface area contributed by atoms with Crippen LogP contribution in [-0.2, 0) is 9.59 Å². The van der Waals surface area contributed by atoms with Gasteiger partial charge in [-0.25, -0.2) is 9.78 Å². The molecule has 0 saturated carbocycles. The van der Waals surface area contributed by atoms with E-state index in [4.69, 9.17) is 10.8 Å². The fourth-order valence-corrected chi connectivity index (χ4v) is 1.57. The van der Waals surface area contributed by atoms with E-state index in [1.165, 1.54) is 6.20 Å². The number of hydrogen-bond donors (Lipinski definition) is 3. The van der Waals surface area contributed by atoms with Gasteiger partial charge >= 0.3 is 5.97 Å². The van der Waals surface area contributed by atoms with Crippen LogP contribution in [0.15, 0.2) is 18.3 Å². The Morgan fingerprint density at radius 3 is 2.48 bits per heavy atom. The van der Waals surface area contributed by atoms with Gasteiger partial charge in [-0.3, -0.25) is 9.59 Å². The van der Waals surface area contributed by atoms with Gasteiger partial charge in [0, 0.05) is 26.7 Å². The third-order valence-corrected chi connectivity index (χ3v) is 2.75. The predicted molar refractivity (Wildman–Crippen MR) is 75.9 cm³/mol. The molecule has 4 N–H and O–H groups in total. The molecule has 8 nitrogen and oxygen atoms in total. The average Bonchev–Trinajstić information content (AvgIpc) is 2.42. The highest BCUT2D eigenvalue weighted by atomic mass is 16.4. The molecule has 0 aliphatic rings. The van der Waals surface area contributed by atoms with E-state index in [0.29, 0.717) is 5.82 Å². The lowest BCUT2D eigenvalue weighted by molar-refractivity contribution is -0.139. The minimum Gasteiger partial charge on any atom is -0.480 e. The molecule has 0 saturated heterocycles. The molecule has 0 aliphatic heterocycles. The number of primary amides is 1. The van der Waals surface area contributed by atoms with Crippen LogP contribution in [0.25, 0.3) is 0 Å². The normalized spacial score (nSPS) is 11.5. The molecule has 0 spiro atoms. The van der Waals surface area contributed by atoms with Crippen LogP contribution < -0.4 is 16.0 Å². The molecule has 114 valence electrons. The number of carboxylic acids is 1. The molecule has 0 fully saturated rings. The van der Waals surface area contributed by atoms with Gasteiger partial charge in [-0.1, -0.05) is 0 Å². The van der Waals surface area contributed by atoms with Crippen molar-refractivity contribution in [2.45, 2.75) is 18.9 Å². The van der Waals surface area contributed by atoms with Crippen LogP contribution in [-0.4, -0.2) is 48.0 Å². The first-order chi connectivity index (χ1) is 9.81. The number of aromatic nitrogens is 1. The number of rotatable bonds is 7. The van der Waals surface area contributed by atoms with Crippen molar-refractivity contribution in [3.8, 4) is 0 Å². The Balaban J connectivity index is 2.72. The second-order valence-electron chi connectivity index (χ2n) is 4.67. The third kappa shape index (κ3) is 5.09. The first-order valence-corrected chi connectivity index (χ1v) is 6.26. The molecule has 0 bridgehead atoms. The largest absolute Gasteiger partial charge is 0.480 e. The van der Waals surface area contributed by atoms with Crippen LogP contribution in [0.4, 0.5) is 5.82 Å². The number of carbonyl (C=O) groups excluding carboxylic acids is 2. The standard InChI is InChI=1S/C13H18N4O4/c1-17(2)11-6-3-8(7-15-11)12(19)16-9(13(20)21)4-5-10(14)18/h3,6-7,9H,4-5H2,1-2H3,(H2,14,18)(H,16,19)(H,20,21)/t9-/m0/s1. The molecule has 1 aromatic heterocycles. The highest BCUT2D eigenvalue weighted by Gasteiger charge is 2.21. The molecule has 2 amide bonds.